The van der Waals surface area contributed by atoms with Gasteiger partial charge in [0, 0.05) is 5.92 Å². The maximum Gasteiger partial charge on any atom is 0.135 e. The molecule has 16 heavy (non-hydrogen) atoms. The van der Waals surface area contributed by atoms with Gasteiger partial charge in [-0.3, -0.25) is 4.79 Å². The molecule has 0 spiro atoms. The van der Waals surface area contributed by atoms with Gasteiger partial charge >= 0.3 is 0 Å². The van der Waals surface area contributed by atoms with E-state index in [4.69, 9.17) is 0 Å². The molecule has 0 heterocycles. The first-order valence-corrected chi connectivity index (χ1v) is 5.96. The average Bonchev–Trinajstić information content (AvgIpc) is 2.22. The van der Waals surface area contributed by atoms with Crippen LogP contribution in [-0.2, 0) is 4.79 Å². The van der Waals surface area contributed by atoms with Gasteiger partial charge < -0.3 is 15.3 Å². The first kappa shape index (κ1) is 13.6. The molecule has 1 saturated carbocycles. The fourth-order valence-electron chi connectivity index (χ4n) is 2.25. The molecule has 0 aromatic rings. The van der Waals surface area contributed by atoms with Crippen LogP contribution in [0.4, 0.5) is 0 Å². The number of ketones is 1. The molecule has 1 aliphatic carbocycles. The van der Waals surface area contributed by atoms with E-state index >= 15 is 0 Å². The molecule has 0 aliphatic heterocycles. The molecular formula is C12H22O4. The molecule has 1 fully saturated rings. The highest BCUT2D eigenvalue weighted by Crippen LogP contribution is 2.29. The highest BCUT2D eigenvalue weighted by Gasteiger charge is 2.30. The van der Waals surface area contributed by atoms with E-state index in [9.17, 15) is 20.1 Å². The Morgan fingerprint density at radius 3 is 2.44 bits per heavy atom. The van der Waals surface area contributed by atoms with Crippen molar-refractivity contribution >= 4 is 5.78 Å². The third kappa shape index (κ3) is 3.54. The zero-order valence-electron chi connectivity index (χ0n) is 9.97. The minimum atomic E-state index is -0.682. The smallest absolute Gasteiger partial charge is 0.135 e. The zero-order chi connectivity index (χ0) is 12.3. The molecule has 0 amide bonds. The van der Waals surface area contributed by atoms with Crippen molar-refractivity contribution in [3.63, 3.8) is 0 Å². The summed E-state index contributed by atoms with van der Waals surface area (Å²) in [5, 5.41) is 28.7. The minimum absolute atomic E-state index is 0.0103. The SMILES string of the molecule is CC(=O)[C@@H](C)[C@H](O)CC1CCC(O)C(O)C1. The van der Waals surface area contributed by atoms with Crippen molar-refractivity contribution in [3.8, 4) is 0 Å². The number of aliphatic hydroxyl groups is 3. The molecule has 3 unspecified atom stereocenters. The van der Waals surface area contributed by atoms with Gasteiger partial charge in [0.05, 0.1) is 18.3 Å². The fourth-order valence-corrected chi connectivity index (χ4v) is 2.25. The van der Waals surface area contributed by atoms with Gasteiger partial charge in [0.1, 0.15) is 5.78 Å². The Bertz CT molecular complexity index is 241. The summed E-state index contributed by atoms with van der Waals surface area (Å²) in [7, 11) is 0. The third-order valence-corrected chi connectivity index (χ3v) is 3.68. The van der Waals surface area contributed by atoms with Gasteiger partial charge in [-0.05, 0) is 38.5 Å². The van der Waals surface area contributed by atoms with E-state index in [0.29, 0.717) is 19.3 Å². The molecule has 3 N–H and O–H groups in total. The van der Waals surface area contributed by atoms with Crippen molar-refractivity contribution in [2.75, 3.05) is 0 Å². The maximum atomic E-state index is 11.1. The molecule has 5 atom stereocenters. The van der Waals surface area contributed by atoms with E-state index in [1.54, 1.807) is 6.92 Å². The van der Waals surface area contributed by atoms with E-state index in [0.717, 1.165) is 6.42 Å². The lowest BCUT2D eigenvalue weighted by molar-refractivity contribution is -0.124. The molecule has 4 nitrogen and oxygen atoms in total. The topological polar surface area (TPSA) is 77.8 Å². The lowest BCUT2D eigenvalue weighted by atomic mass is 9.80. The molecule has 0 bridgehead atoms. The quantitative estimate of drug-likeness (QED) is 0.656. The Hall–Kier alpha value is -0.450. The average molecular weight is 230 g/mol. The molecule has 0 saturated heterocycles. The predicted molar refractivity (Wildman–Crippen MR) is 59.8 cm³/mol. The van der Waals surface area contributed by atoms with E-state index < -0.39 is 18.3 Å². The summed E-state index contributed by atoms with van der Waals surface area (Å²) in [4.78, 5) is 11.1. The van der Waals surface area contributed by atoms with Crippen molar-refractivity contribution in [2.24, 2.45) is 11.8 Å². The number of hydrogen-bond donors (Lipinski definition) is 3. The molecular weight excluding hydrogens is 208 g/mol. The summed E-state index contributed by atoms with van der Waals surface area (Å²) >= 11 is 0. The monoisotopic (exact) mass is 230 g/mol. The lowest BCUT2D eigenvalue weighted by Crippen LogP contribution is -2.36. The van der Waals surface area contributed by atoms with Gasteiger partial charge in [-0.15, -0.1) is 0 Å². The van der Waals surface area contributed by atoms with Crippen LogP contribution in [0, 0.1) is 11.8 Å². The first-order chi connectivity index (χ1) is 7.41. The molecule has 4 heteroatoms. The number of hydrogen-bond acceptors (Lipinski definition) is 4. The van der Waals surface area contributed by atoms with E-state index in [1.807, 2.05) is 0 Å². The summed E-state index contributed by atoms with van der Waals surface area (Å²) in [6, 6.07) is 0. The highest BCUT2D eigenvalue weighted by molar-refractivity contribution is 5.78. The summed E-state index contributed by atoms with van der Waals surface area (Å²) < 4.78 is 0. The van der Waals surface area contributed by atoms with Crippen LogP contribution >= 0.6 is 0 Å². The van der Waals surface area contributed by atoms with Gasteiger partial charge in [-0.2, -0.15) is 0 Å². The van der Waals surface area contributed by atoms with Crippen LogP contribution < -0.4 is 0 Å². The number of aliphatic hydroxyl groups excluding tert-OH is 3. The Balaban J connectivity index is 2.40. The van der Waals surface area contributed by atoms with E-state index in [1.165, 1.54) is 6.92 Å². The Kier molecular flexibility index (Phi) is 4.89. The van der Waals surface area contributed by atoms with Crippen LogP contribution in [0.25, 0.3) is 0 Å². The summed E-state index contributed by atoms with van der Waals surface area (Å²) in [5.74, 6) is -0.150. The van der Waals surface area contributed by atoms with Gasteiger partial charge in [0.25, 0.3) is 0 Å². The number of carbonyl (C=O) groups excluding carboxylic acids is 1. The standard InChI is InChI=1S/C12H22O4/c1-7(8(2)13)11(15)5-9-3-4-10(14)12(16)6-9/h7,9-12,14-16H,3-6H2,1-2H3/t7-,9?,10?,11-,12?/m1/s1. The second kappa shape index (κ2) is 5.75. The van der Waals surface area contributed by atoms with Crippen LogP contribution in [0.3, 0.4) is 0 Å². The van der Waals surface area contributed by atoms with Gasteiger partial charge in [0.15, 0.2) is 0 Å². The Morgan fingerprint density at radius 1 is 1.31 bits per heavy atom. The largest absolute Gasteiger partial charge is 0.392 e. The highest BCUT2D eigenvalue weighted by atomic mass is 16.3. The van der Waals surface area contributed by atoms with Gasteiger partial charge in [0.2, 0.25) is 0 Å². The Morgan fingerprint density at radius 2 is 1.94 bits per heavy atom. The predicted octanol–water partition coefficient (Wildman–Crippen LogP) is 0.484. The summed E-state index contributed by atoms with van der Waals surface area (Å²) in [6.45, 7) is 3.20. The summed E-state index contributed by atoms with van der Waals surface area (Å²) in [5.41, 5.74) is 0. The lowest BCUT2D eigenvalue weighted by Gasteiger charge is -2.32. The van der Waals surface area contributed by atoms with Crippen LogP contribution in [0.5, 0.6) is 0 Å². The summed E-state index contributed by atoms with van der Waals surface area (Å²) in [6.07, 6.45) is 0.488. The Labute approximate surface area is 96.3 Å². The normalized spacial score (nSPS) is 34.4. The molecule has 0 aromatic carbocycles. The molecule has 0 aromatic heterocycles. The third-order valence-electron chi connectivity index (χ3n) is 3.68. The van der Waals surface area contributed by atoms with E-state index in [2.05, 4.69) is 0 Å². The number of carbonyl (C=O) groups is 1. The van der Waals surface area contributed by atoms with Crippen molar-refractivity contribution in [1.29, 1.82) is 0 Å². The van der Waals surface area contributed by atoms with Crippen LogP contribution in [0.2, 0.25) is 0 Å². The van der Waals surface area contributed by atoms with Crippen LogP contribution in [0.1, 0.15) is 39.5 Å². The van der Waals surface area contributed by atoms with Gasteiger partial charge in [-0.25, -0.2) is 0 Å². The molecule has 94 valence electrons. The van der Waals surface area contributed by atoms with E-state index in [-0.39, 0.29) is 17.6 Å². The van der Waals surface area contributed by atoms with Crippen molar-refractivity contribution in [1.82, 2.24) is 0 Å². The second-order valence-corrected chi connectivity index (χ2v) is 5.02. The van der Waals surface area contributed by atoms with Gasteiger partial charge in [-0.1, -0.05) is 6.92 Å². The zero-order valence-corrected chi connectivity index (χ0v) is 9.97. The van der Waals surface area contributed by atoms with Crippen molar-refractivity contribution in [2.45, 2.75) is 57.8 Å². The molecule has 0 radical (unpaired) electrons. The van der Waals surface area contributed by atoms with Crippen LogP contribution in [0.15, 0.2) is 0 Å². The van der Waals surface area contributed by atoms with Crippen molar-refractivity contribution in [3.05, 3.63) is 0 Å². The fraction of sp³-hybridized carbons (Fsp3) is 0.917. The number of Topliss-reactive ketones (excluding diaryl/α,β-unsaturated/α-hetero) is 1. The minimum Gasteiger partial charge on any atom is -0.392 e. The van der Waals surface area contributed by atoms with Crippen molar-refractivity contribution < 1.29 is 20.1 Å². The second-order valence-electron chi connectivity index (χ2n) is 5.02. The first-order valence-electron chi connectivity index (χ1n) is 5.96. The molecule has 1 aliphatic rings. The number of rotatable bonds is 4. The maximum absolute atomic E-state index is 11.1. The molecule has 1 rings (SSSR count). The van der Waals surface area contributed by atoms with Crippen LogP contribution in [-0.4, -0.2) is 39.4 Å².